The number of aryl methyl sites for hydroxylation is 1. The third-order valence-corrected chi connectivity index (χ3v) is 2.30. The second kappa shape index (κ2) is 6.76. The largest absolute Gasteiger partial charge is 0.540 e. The summed E-state index contributed by atoms with van der Waals surface area (Å²) >= 11 is 0. The summed E-state index contributed by atoms with van der Waals surface area (Å²) < 4.78 is 4.91. The SMILES string of the molecule is CC[NH2+]CC.Cc1ccc2oc(C(=O)[O-])nc2c1. The number of fused-ring (bicyclic) bond motifs is 1. The summed E-state index contributed by atoms with van der Waals surface area (Å²) in [4.78, 5) is 14.1. The van der Waals surface area contributed by atoms with Crippen molar-refractivity contribution in [3.05, 3.63) is 29.7 Å². The molecule has 0 bridgehead atoms. The number of aromatic carboxylic acids is 1. The van der Waals surface area contributed by atoms with E-state index in [2.05, 4.69) is 24.1 Å². The number of carbonyl (C=O) groups is 1. The van der Waals surface area contributed by atoms with Crippen LogP contribution in [0.2, 0.25) is 0 Å². The van der Waals surface area contributed by atoms with Gasteiger partial charge in [-0.2, -0.15) is 0 Å². The number of quaternary nitrogens is 1. The van der Waals surface area contributed by atoms with Crippen LogP contribution in [0, 0.1) is 6.92 Å². The fourth-order valence-corrected chi connectivity index (χ4v) is 1.41. The van der Waals surface area contributed by atoms with Crippen LogP contribution < -0.4 is 10.4 Å². The molecule has 0 aliphatic rings. The van der Waals surface area contributed by atoms with E-state index in [1.165, 1.54) is 13.1 Å². The number of aromatic nitrogens is 1. The lowest BCUT2D eigenvalue weighted by atomic mass is 10.2. The van der Waals surface area contributed by atoms with Gasteiger partial charge in [0.15, 0.2) is 5.58 Å². The highest BCUT2D eigenvalue weighted by Gasteiger charge is 2.05. The van der Waals surface area contributed by atoms with Crippen LogP contribution >= 0.6 is 0 Å². The summed E-state index contributed by atoms with van der Waals surface area (Å²) in [6.45, 7) is 8.65. The number of carboxylic acids is 1. The van der Waals surface area contributed by atoms with E-state index in [1.54, 1.807) is 12.1 Å². The Morgan fingerprint density at radius 1 is 1.39 bits per heavy atom. The Morgan fingerprint density at radius 2 is 2.06 bits per heavy atom. The molecule has 18 heavy (non-hydrogen) atoms. The molecule has 0 unspecified atom stereocenters. The molecule has 0 radical (unpaired) electrons. The van der Waals surface area contributed by atoms with Crippen LogP contribution in [0.3, 0.4) is 0 Å². The van der Waals surface area contributed by atoms with E-state index in [9.17, 15) is 9.90 Å². The van der Waals surface area contributed by atoms with Crippen LogP contribution in [0.4, 0.5) is 0 Å². The van der Waals surface area contributed by atoms with Crippen molar-refractivity contribution >= 4 is 17.1 Å². The van der Waals surface area contributed by atoms with E-state index < -0.39 is 5.97 Å². The molecule has 0 aliphatic carbocycles. The molecule has 5 nitrogen and oxygen atoms in total. The van der Waals surface area contributed by atoms with Crippen LogP contribution in [-0.2, 0) is 0 Å². The van der Waals surface area contributed by atoms with Gasteiger partial charge in [-0.15, -0.1) is 0 Å². The first-order valence-corrected chi connectivity index (χ1v) is 5.98. The Hall–Kier alpha value is -1.88. The molecule has 1 aromatic carbocycles. The smallest absolute Gasteiger partial charge is 0.243 e. The molecule has 5 heteroatoms. The zero-order valence-corrected chi connectivity index (χ0v) is 10.9. The monoisotopic (exact) mass is 250 g/mol. The van der Waals surface area contributed by atoms with Crippen LogP contribution in [-0.4, -0.2) is 24.0 Å². The van der Waals surface area contributed by atoms with Gasteiger partial charge in [-0.3, -0.25) is 0 Å². The third kappa shape index (κ3) is 3.85. The molecular weight excluding hydrogens is 232 g/mol. The van der Waals surface area contributed by atoms with Crippen molar-refractivity contribution in [3.8, 4) is 0 Å². The topological polar surface area (TPSA) is 82.8 Å². The Bertz CT molecular complexity index is 518. The fraction of sp³-hybridized carbons (Fsp3) is 0.385. The molecule has 0 atom stereocenters. The predicted octanol–water partition coefficient (Wildman–Crippen LogP) is 0.0893. The maximum Gasteiger partial charge on any atom is 0.243 e. The van der Waals surface area contributed by atoms with Crippen molar-refractivity contribution in [1.29, 1.82) is 0 Å². The molecule has 2 rings (SSSR count). The molecule has 0 aliphatic heterocycles. The lowest BCUT2D eigenvalue weighted by Crippen LogP contribution is -2.82. The van der Waals surface area contributed by atoms with Gasteiger partial charge >= 0.3 is 0 Å². The number of hydrogen-bond donors (Lipinski definition) is 1. The number of benzene rings is 1. The highest BCUT2D eigenvalue weighted by molar-refractivity contribution is 5.85. The van der Waals surface area contributed by atoms with Crippen molar-refractivity contribution in [2.24, 2.45) is 0 Å². The summed E-state index contributed by atoms with van der Waals surface area (Å²) in [6.07, 6.45) is 0. The molecule has 0 fully saturated rings. The van der Waals surface area contributed by atoms with E-state index in [0.29, 0.717) is 11.1 Å². The Labute approximate surface area is 106 Å². The standard InChI is InChI=1S/C9H7NO3.C4H11N/c1-5-2-3-7-6(4-5)10-8(13-7)9(11)12;1-3-5-4-2/h2-4H,1H3,(H,11,12);5H,3-4H2,1-2H3. The Kier molecular flexibility index (Phi) is 5.32. The number of carbonyl (C=O) groups excluding carboxylic acids is 1. The quantitative estimate of drug-likeness (QED) is 0.836. The summed E-state index contributed by atoms with van der Waals surface area (Å²) in [6, 6.07) is 5.27. The summed E-state index contributed by atoms with van der Waals surface area (Å²) in [5.41, 5.74) is 2.01. The van der Waals surface area contributed by atoms with Gasteiger partial charge in [0, 0.05) is 0 Å². The molecule has 1 aromatic heterocycles. The number of rotatable bonds is 3. The number of oxazole rings is 1. The van der Waals surface area contributed by atoms with Gasteiger partial charge in [0.05, 0.1) is 13.1 Å². The number of hydrogen-bond acceptors (Lipinski definition) is 4. The molecule has 98 valence electrons. The lowest BCUT2D eigenvalue weighted by Gasteiger charge is -1.89. The van der Waals surface area contributed by atoms with Gasteiger partial charge in [-0.1, -0.05) is 6.07 Å². The van der Waals surface area contributed by atoms with Crippen molar-refractivity contribution in [1.82, 2.24) is 4.98 Å². The average molecular weight is 250 g/mol. The first kappa shape index (κ1) is 14.2. The zero-order chi connectivity index (χ0) is 13.5. The van der Waals surface area contributed by atoms with Gasteiger partial charge in [-0.05, 0) is 38.5 Å². The maximum absolute atomic E-state index is 10.4. The average Bonchev–Trinajstić information content (AvgIpc) is 2.74. The molecule has 2 N–H and O–H groups in total. The first-order chi connectivity index (χ1) is 8.58. The Morgan fingerprint density at radius 3 is 2.56 bits per heavy atom. The van der Waals surface area contributed by atoms with Crippen LogP contribution in [0.1, 0.15) is 30.1 Å². The number of carboxylic acid groups (broad SMARTS) is 1. The van der Waals surface area contributed by atoms with E-state index in [0.717, 1.165) is 5.56 Å². The Balaban J connectivity index is 0.000000280. The van der Waals surface area contributed by atoms with Gasteiger partial charge in [-0.25, -0.2) is 4.98 Å². The van der Waals surface area contributed by atoms with Crippen LogP contribution in [0.25, 0.3) is 11.1 Å². The van der Waals surface area contributed by atoms with Gasteiger partial charge in [0.25, 0.3) is 0 Å². The van der Waals surface area contributed by atoms with Crippen LogP contribution in [0.15, 0.2) is 22.6 Å². The molecule has 0 spiro atoms. The van der Waals surface area contributed by atoms with E-state index in [1.807, 2.05) is 13.0 Å². The van der Waals surface area contributed by atoms with E-state index >= 15 is 0 Å². The van der Waals surface area contributed by atoms with E-state index in [4.69, 9.17) is 4.42 Å². The minimum absolute atomic E-state index is 0.374. The number of nitrogens with two attached hydrogens (primary N) is 1. The highest BCUT2D eigenvalue weighted by atomic mass is 16.4. The zero-order valence-electron chi connectivity index (χ0n) is 10.9. The molecule has 0 amide bonds. The van der Waals surface area contributed by atoms with E-state index in [-0.39, 0.29) is 5.89 Å². The minimum atomic E-state index is -1.39. The molecule has 2 aromatic rings. The highest BCUT2D eigenvalue weighted by Crippen LogP contribution is 2.16. The molecule has 0 saturated heterocycles. The maximum atomic E-state index is 10.4. The molecule has 0 saturated carbocycles. The summed E-state index contributed by atoms with van der Waals surface area (Å²) in [5, 5.41) is 12.6. The first-order valence-electron chi connectivity index (χ1n) is 5.98. The minimum Gasteiger partial charge on any atom is -0.540 e. The molecule has 1 heterocycles. The summed E-state index contributed by atoms with van der Waals surface area (Å²) in [5.74, 6) is -1.77. The van der Waals surface area contributed by atoms with Crippen molar-refractivity contribution in [2.45, 2.75) is 20.8 Å². The second-order valence-electron chi connectivity index (χ2n) is 3.88. The summed E-state index contributed by atoms with van der Waals surface area (Å²) in [7, 11) is 0. The normalized spacial score (nSPS) is 9.94. The van der Waals surface area contributed by atoms with Crippen molar-refractivity contribution in [3.63, 3.8) is 0 Å². The van der Waals surface area contributed by atoms with Gasteiger partial charge in [0.1, 0.15) is 11.5 Å². The third-order valence-electron chi connectivity index (χ3n) is 2.30. The predicted molar refractivity (Wildman–Crippen MR) is 66.1 cm³/mol. The number of nitrogens with zero attached hydrogens (tertiary/aromatic N) is 1. The fourth-order valence-electron chi connectivity index (χ4n) is 1.41. The second-order valence-corrected chi connectivity index (χ2v) is 3.88. The molecular formula is C13H18N2O3. The van der Waals surface area contributed by atoms with Gasteiger partial charge in [0.2, 0.25) is 5.89 Å². The van der Waals surface area contributed by atoms with Crippen molar-refractivity contribution in [2.75, 3.05) is 13.1 Å². The van der Waals surface area contributed by atoms with Crippen LogP contribution in [0.5, 0.6) is 0 Å². The van der Waals surface area contributed by atoms with Gasteiger partial charge < -0.3 is 19.6 Å². The van der Waals surface area contributed by atoms with Crippen molar-refractivity contribution < 1.29 is 19.6 Å². The lowest BCUT2D eigenvalue weighted by molar-refractivity contribution is -0.648.